The van der Waals surface area contributed by atoms with Crippen LogP contribution >= 0.6 is 11.6 Å². The molecule has 1 N–H and O–H groups in total. The Morgan fingerprint density at radius 2 is 1.84 bits per heavy atom. The van der Waals surface area contributed by atoms with Gasteiger partial charge >= 0.3 is 0 Å². The lowest BCUT2D eigenvalue weighted by atomic mass is 9.87. The van der Waals surface area contributed by atoms with E-state index < -0.39 is 11.9 Å². The lowest BCUT2D eigenvalue weighted by molar-refractivity contribution is -0.122. The van der Waals surface area contributed by atoms with Crippen molar-refractivity contribution in [3.8, 4) is 5.75 Å². The standard InChI is InChI=1S/C20H23ClFNO2/c1-5-18(19(24)23-14-8-11-17(22)16(21)12-14)25-15-9-6-13(7-10-15)20(2,3)4/h6-12,18H,5H2,1-4H3,(H,23,24)/t18-/m1/s1. The van der Waals surface area contributed by atoms with Crippen LogP contribution in [0.2, 0.25) is 5.02 Å². The van der Waals surface area contributed by atoms with E-state index in [-0.39, 0.29) is 16.3 Å². The smallest absolute Gasteiger partial charge is 0.265 e. The van der Waals surface area contributed by atoms with Crippen molar-refractivity contribution in [3.05, 3.63) is 58.9 Å². The molecule has 0 bridgehead atoms. The molecule has 0 radical (unpaired) electrons. The summed E-state index contributed by atoms with van der Waals surface area (Å²) in [7, 11) is 0. The summed E-state index contributed by atoms with van der Waals surface area (Å²) < 4.78 is 19.0. The van der Waals surface area contributed by atoms with E-state index in [1.54, 1.807) is 0 Å². The summed E-state index contributed by atoms with van der Waals surface area (Å²) in [6, 6.07) is 11.8. The summed E-state index contributed by atoms with van der Waals surface area (Å²) in [5, 5.41) is 2.66. The van der Waals surface area contributed by atoms with Gasteiger partial charge in [0, 0.05) is 5.69 Å². The molecule has 134 valence electrons. The Morgan fingerprint density at radius 3 is 2.36 bits per heavy atom. The second-order valence-corrected chi connectivity index (χ2v) is 7.31. The number of anilines is 1. The molecular weight excluding hydrogens is 341 g/mol. The van der Waals surface area contributed by atoms with Crippen LogP contribution in [0.1, 0.15) is 39.7 Å². The lowest BCUT2D eigenvalue weighted by Gasteiger charge is -2.21. The second kappa shape index (κ2) is 7.87. The van der Waals surface area contributed by atoms with Crippen molar-refractivity contribution in [2.24, 2.45) is 0 Å². The molecule has 0 saturated carbocycles. The number of nitrogens with one attached hydrogen (secondary N) is 1. The highest BCUT2D eigenvalue weighted by Crippen LogP contribution is 2.25. The van der Waals surface area contributed by atoms with Crippen LogP contribution in [-0.2, 0) is 10.2 Å². The Balaban J connectivity index is 2.05. The Bertz CT molecular complexity index is 738. The SMILES string of the molecule is CC[C@@H](Oc1ccc(C(C)(C)C)cc1)C(=O)Nc1ccc(F)c(Cl)c1. The van der Waals surface area contributed by atoms with Crippen LogP contribution in [0.4, 0.5) is 10.1 Å². The molecule has 0 aliphatic heterocycles. The summed E-state index contributed by atoms with van der Waals surface area (Å²) in [5.41, 5.74) is 1.68. The predicted octanol–water partition coefficient (Wildman–Crippen LogP) is 5.57. The fraction of sp³-hybridized carbons (Fsp3) is 0.350. The monoisotopic (exact) mass is 363 g/mol. The van der Waals surface area contributed by atoms with Crippen LogP contribution in [-0.4, -0.2) is 12.0 Å². The van der Waals surface area contributed by atoms with E-state index in [2.05, 4.69) is 26.1 Å². The Hall–Kier alpha value is -2.07. The molecule has 2 aromatic carbocycles. The Morgan fingerprint density at radius 1 is 1.20 bits per heavy atom. The van der Waals surface area contributed by atoms with Crippen molar-refractivity contribution in [1.82, 2.24) is 0 Å². The van der Waals surface area contributed by atoms with Crippen molar-refractivity contribution in [3.63, 3.8) is 0 Å². The normalized spacial score (nSPS) is 12.6. The molecule has 0 aliphatic carbocycles. The second-order valence-electron chi connectivity index (χ2n) is 6.91. The average molecular weight is 364 g/mol. The molecule has 0 fully saturated rings. The van der Waals surface area contributed by atoms with Gasteiger partial charge in [0.1, 0.15) is 11.6 Å². The van der Waals surface area contributed by atoms with Gasteiger partial charge in [-0.1, -0.05) is 51.4 Å². The number of rotatable bonds is 5. The van der Waals surface area contributed by atoms with E-state index >= 15 is 0 Å². The zero-order valence-corrected chi connectivity index (χ0v) is 15.7. The van der Waals surface area contributed by atoms with Crippen LogP contribution in [0.3, 0.4) is 0 Å². The van der Waals surface area contributed by atoms with Crippen molar-refractivity contribution >= 4 is 23.2 Å². The largest absolute Gasteiger partial charge is 0.481 e. The summed E-state index contributed by atoms with van der Waals surface area (Å²) in [6.07, 6.45) is -0.147. The molecule has 0 aromatic heterocycles. The van der Waals surface area contributed by atoms with E-state index in [0.29, 0.717) is 17.9 Å². The molecule has 0 saturated heterocycles. The highest BCUT2D eigenvalue weighted by Gasteiger charge is 2.20. The molecule has 3 nitrogen and oxygen atoms in total. The first-order valence-electron chi connectivity index (χ1n) is 8.24. The molecule has 0 aliphatic rings. The molecule has 0 unspecified atom stereocenters. The highest BCUT2D eigenvalue weighted by atomic mass is 35.5. The van der Waals surface area contributed by atoms with Gasteiger partial charge in [-0.15, -0.1) is 0 Å². The number of carbonyl (C=O) groups excluding carboxylic acids is 1. The van der Waals surface area contributed by atoms with Crippen LogP contribution in [0, 0.1) is 5.82 Å². The quantitative estimate of drug-likeness (QED) is 0.753. The molecular formula is C20H23ClFNO2. The zero-order valence-electron chi connectivity index (χ0n) is 14.9. The molecule has 2 aromatic rings. The Labute approximate surface area is 153 Å². The lowest BCUT2D eigenvalue weighted by Crippen LogP contribution is -2.32. The van der Waals surface area contributed by atoms with Crippen LogP contribution in [0.15, 0.2) is 42.5 Å². The third kappa shape index (κ3) is 5.20. The predicted molar refractivity (Wildman–Crippen MR) is 99.9 cm³/mol. The van der Waals surface area contributed by atoms with Crippen LogP contribution in [0.5, 0.6) is 5.75 Å². The zero-order chi connectivity index (χ0) is 18.6. The minimum absolute atomic E-state index is 0.0375. The molecule has 0 heterocycles. The summed E-state index contributed by atoms with van der Waals surface area (Å²) in [5.74, 6) is -0.195. The van der Waals surface area contributed by atoms with Gasteiger partial charge in [-0.05, 0) is 47.7 Å². The van der Waals surface area contributed by atoms with Gasteiger partial charge < -0.3 is 10.1 Å². The Kier molecular flexibility index (Phi) is 6.07. The van der Waals surface area contributed by atoms with Crippen molar-refractivity contribution in [2.45, 2.75) is 45.6 Å². The molecule has 25 heavy (non-hydrogen) atoms. The van der Waals surface area contributed by atoms with Gasteiger partial charge in [-0.25, -0.2) is 4.39 Å². The minimum Gasteiger partial charge on any atom is -0.481 e. The van der Waals surface area contributed by atoms with Crippen molar-refractivity contribution < 1.29 is 13.9 Å². The maximum atomic E-state index is 13.2. The fourth-order valence-corrected chi connectivity index (χ4v) is 2.50. The van der Waals surface area contributed by atoms with Gasteiger partial charge in [-0.2, -0.15) is 0 Å². The van der Waals surface area contributed by atoms with Gasteiger partial charge in [-0.3, -0.25) is 4.79 Å². The third-order valence-corrected chi connectivity index (χ3v) is 4.14. The number of amides is 1. The first-order valence-corrected chi connectivity index (χ1v) is 8.61. The van der Waals surface area contributed by atoms with Gasteiger partial charge in [0.05, 0.1) is 5.02 Å². The first-order chi connectivity index (χ1) is 11.7. The topological polar surface area (TPSA) is 38.3 Å². The summed E-state index contributed by atoms with van der Waals surface area (Å²) in [6.45, 7) is 8.28. The van der Waals surface area contributed by atoms with Crippen molar-refractivity contribution in [1.29, 1.82) is 0 Å². The van der Waals surface area contributed by atoms with Crippen LogP contribution < -0.4 is 10.1 Å². The van der Waals surface area contributed by atoms with E-state index in [0.717, 1.165) is 0 Å². The maximum absolute atomic E-state index is 13.2. The molecule has 1 amide bonds. The summed E-state index contributed by atoms with van der Waals surface area (Å²) >= 11 is 5.73. The number of benzene rings is 2. The molecule has 2 rings (SSSR count). The van der Waals surface area contributed by atoms with Gasteiger partial charge in [0.15, 0.2) is 6.10 Å². The first kappa shape index (κ1) is 19.3. The van der Waals surface area contributed by atoms with Crippen molar-refractivity contribution in [2.75, 3.05) is 5.32 Å². The fourth-order valence-electron chi connectivity index (χ4n) is 2.32. The van der Waals surface area contributed by atoms with E-state index in [1.165, 1.54) is 23.8 Å². The maximum Gasteiger partial charge on any atom is 0.265 e. The minimum atomic E-state index is -0.649. The number of hydrogen-bond donors (Lipinski definition) is 1. The molecule has 1 atom stereocenters. The van der Waals surface area contributed by atoms with Gasteiger partial charge in [0.25, 0.3) is 5.91 Å². The number of hydrogen-bond acceptors (Lipinski definition) is 2. The number of carbonyl (C=O) groups is 1. The highest BCUT2D eigenvalue weighted by molar-refractivity contribution is 6.31. The van der Waals surface area contributed by atoms with Crippen LogP contribution in [0.25, 0.3) is 0 Å². The van der Waals surface area contributed by atoms with Gasteiger partial charge in [0.2, 0.25) is 0 Å². The number of halogens is 2. The average Bonchev–Trinajstić information content (AvgIpc) is 2.55. The summed E-state index contributed by atoms with van der Waals surface area (Å²) in [4.78, 5) is 12.4. The van der Waals surface area contributed by atoms with E-state index in [1.807, 2.05) is 31.2 Å². The molecule has 5 heteroatoms. The molecule has 0 spiro atoms. The van der Waals surface area contributed by atoms with E-state index in [9.17, 15) is 9.18 Å². The van der Waals surface area contributed by atoms with E-state index in [4.69, 9.17) is 16.3 Å². The third-order valence-electron chi connectivity index (χ3n) is 3.85. The number of ether oxygens (including phenoxy) is 1.